The van der Waals surface area contributed by atoms with E-state index in [9.17, 15) is 5.11 Å². The molecule has 2 heterocycles. The quantitative estimate of drug-likeness (QED) is 0.767. The van der Waals surface area contributed by atoms with Gasteiger partial charge in [-0.3, -0.25) is 0 Å². The summed E-state index contributed by atoms with van der Waals surface area (Å²) in [4.78, 5) is 5.09. The Labute approximate surface area is 118 Å². The van der Waals surface area contributed by atoms with Gasteiger partial charge >= 0.3 is 0 Å². The van der Waals surface area contributed by atoms with E-state index in [4.69, 9.17) is 0 Å². The number of likely N-dealkylation sites (tertiary alicyclic amines) is 1. The number of piperidine rings is 1. The van der Waals surface area contributed by atoms with E-state index in [1.807, 2.05) is 0 Å². The summed E-state index contributed by atoms with van der Waals surface area (Å²) < 4.78 is 0. The smallest absolute Gasteiger partial charge is 0.0474 e. The van der Waals surface area contributed by atoms with Gasteiger partial charge < -0.3 is 20.2 Å². The van der Waals surface area contributed by atoms with E-state index in [0.29, 0.717) is 18.6 Å². The number of nitrogens with one attached hydrogen (secondary N) is 1. The van der Waals surface area contributed by atoms with E-state index in [1.54, 1.807) is 0 Å². The highest BCUT2D eigenvalue weighted by Crippen LogP contribution is 2.26. The van der Waals surface area contributed by atoms with Crippen LogP contribution in [0.2, 0.25) is 0 Å². The second kappa shape index (κ2) is 7.58. The predicted octanol–water partition coefficient (Wildman–Crippen LogP) is 0.621. The lowest BCUT2D eigenvalue weighted by atomic mass is 9.84. The number of aliphatic hydroxyl groups excluding tert-OH is 1. The molecular formula is C15H31N3O. The lowest BCUT2D eigenvalue weighted by Crippen LogP contribution is -2.48. The van der Waals surface area contributed by atoms with Gasteiger partial charge in [0.25, 0.3) is 0 Å². The third-order valence-corrected chi connectivity index (χ3v) is 4.91. The van der Waals surface area contributed by atoms with Crippen molar-refractivity contribution in [2.45, 2.75) is 32.7 Å². The minimum Gasteiger partial charge on any atom is -0.396 e. The molecule has 0 amide bonds. The van der Waals surface area contributed by atoms with E-state index in [1.165, 1.54) is 25.9 Å². The average Bonchev–Trinajstić information content (AvgIpc) is 2.46. The first kappa shape index (κ1) is 15.2. The summed E-state index contributed by atoms with van der Waals surface area (Å²) in [6.07, 6.45) is 2.52. The van der Waals surface area contributed by atoms with Crippen LogP contribution in [0.15, 0.2) is 0 Å². The molecule has 0 radical (unpaired) electrons. The molecule has 2 fully saturated rings. The number of aliphatic hydroxyl groups is 1. The van der Waals surface area contributed by atoms with Crippen LogP contribution in [-0.2, 0) is 0 Å². The molecule has 0 aromatic heterocycles. The van der Waals surface area contributed by atoms with E-state index >= 15 is 0 Å². The van der Waals surface area contributed by atoms with Crippen LogP contribution >= 0.6 is 0 Å². The van der Waals surface area contributed by atoms with Crippen LogP contribution in [0, 0.1) is 11.8 Å². The Morgan fingerprint density at radius 1 is 1.11 bits per heavy atom. The van der Waals surface area contributed by atoms with Crippen LogP contribution in [0.3, 0.4) is 0 Å². The fourth-order valence-corrected chi connectivity index (χ4v) is 3.49. The Morgan fingerprint density at radius 2 is 1.74 bits per heavy atom. The Hall–Kier alpha value is -0.160. The minimum atomic E-state index is 0.357. The first-order valence-electron chi connectivity index (χ1n) is 7.98. The fraction of sp³-hybridized carbons (Fsp3) is 1.00. The molecule has 0 aromatic carbocycles. The number of piperazine rings is 1. The van der Waals surface area contributed by atoms with Crippen molar-refractivity contribution in [3.63, 3.8) is 0 Å². The molecule has 2 aliphatic heterocycles. The molecule has 0 aliphatic carbocycles. The molecule has 1 atom stereocenters. The summed E-state index contributed by atoms with van der Waals surface area (Å²) in [6.45, 7) is 12.9. The molecule has 1 unspecified atom stereocenters. The van der Waals surface area contributed by atoms with Crippen molar-refractivity contribution in [3.05, 3.63) is 0 Å². The van der Waals surface area contributed by atoms with Gasteiger partial charge in [0.2, 0.25) is 0 Å². The van der Waals surface area contributed by atoms with Crippen molar-refractivity contribution in [2.24, 2.45) is 11.8 Å². The van der Waals surface area contributed by atoms with Crippen molar-refractivity contribution >= 4 is 0 Å². The molecule has 112 valence electrons. The zero-order chi connectivity index (χ0) is 13.7. The first-order valence-corrected chi connectivity index (χ1v) is 7.98. The number of hydrogen-bond acceptors (Lipinski definition) is 4. The van der Waals surface area contributed by atoms with Gasteiger partial charge in [-0.25, -0.2) is 0 Å². The Bertz CT molecular complexity index is 246. The van der Waals surface area contributed by atoms with Gasteiger partial charge in [0.1, 0.15) is 0 Å². The molecule has 4 nitrogen and oxygen atoms in total. The molecular weight excluding hydrogens is 238 g/mol. The van der Waals surface area contributed by atoms with Crippen LogP contribution in [-0.4, -0.2) is 73.4 Å². The van der Waals surface area contributed by atoms with Crippen molar-refractivity contribution < 1.29 is 5.11 Å². The lowest BCUT2D eigenvalue weighted by Gasteiger charge is -2.39. The summed E-state index contributed by atoms with van der Waals surface area (Å²) in [5.41, 5.74) is 0. The third kappa shape index (κ3) is 4.42. The summed E-state index contributed by atoms with van der Waals surface area (Å²) in [5.74, 6) is 1.20. The van der Waals surface area contributed by atoms with Gasteiger partial charge in [-0.15, -0.1) is 0 Å². The highest BCUT2D eigenvalue weighted by atomic mass is 16.3. The van der Waals surface area contributed by atoms with Gasteiger partial charge in [0.05, 0.1) is 0 Å². The summed E-state index contributed by atoms with van der Waals surface area (Å²) in [5, 5.41) is 13.1. The standard InChI is InChI=1S/C15H31N3O/c1-13(2)18-7-3-14(4-8-18)15(12-19)11-17-9-5-16-6-10-17/h13-16,19H,3-12H2,1-2H3. The van der Waals surface area contributed by atoms with Crippen LogP contribution in [0.1, 0.15) is 26.7 Å². The van der Waals surface area contributed by atoms with Gasteiger partial charge in [-0.1, -0.05) is 0 Å². The highest BCUT2D eigenvalue weighted by molar-refractivity contribution is 4.82. The Kier molecular flexibility index (Phi) is 6.07. The summed E-state index contributed by atoms with van der Waals surface area (Å²) in [6, 6.07) is 0.668. The van der Waals surface area contributed by atoms with Crippen molar-refractivity contribution in [1.82, 2.24) is 15.1 Å². The summed E-state index contributed by atoms with van der Waals surface area (Å²) in [7, 11) is 0. The Morgan fingerprint density at radius 3 is 2.26 bits per heavy atom. The van der Waals surface area contributed by atoms with Gasteiger partial charge in [-0.05, 0) is 51.6 Å². The molecule has 19 heavy (non-hydrogen) atoms. The fourth-order valence-electron chi connectivity index (χ4n) is 3.49. The normalized spacial score (nSPS) is 25.9. The lowest BCUT2D eigenvalue weighted by molar-refractivity contribution is 0.0656. The molecule has 2 aliphatic rings. The molecule has 0 saturated carbocycles. The second-order valence-corrected chi connectivity index (χ2v) is 6.46. The topological polar surface area (TPSA) is 38.7 Å². The molecule has 4 heteroatoms. The van der Waals surface area contributed by atoms with E-state index in [-0.39, 0.29) is 0 Å². The summed E-state index contributed by atoms with van der Waals surface area (Å²) >= 11 is 0. The van der Waals surface area contributed by atoms with Crippen molar-refractivity contribution in [2.75, 3.05) is 52.4 Å². The molecule has 0 aromatic rings. The number of hydrogen-bond donors (Lipinski definition) is 2. The van der Waals surface area contributed by atoms with Gasteiger partial charge in [0.15, 0.2) is 0 Å². The number of nitrogens with zero attached hydrogens (tertiary/aromatic N) is 2. The maximum Gasteiger partial charge on any atom is 0.0474 e. The molecule has 0 bridgehead atoms. The average molecular weight is 269 g/mol. The van der Waals surface area contributed by atoms with Crippen LogP contribution in [0.25, 0.3) is 0 Å². The van der Waals surface area contributed by atoms with Gasteiger partial charge in [0, 0.05) is 45.4 Å². The van der Waals surface area contributed by atoms with Crippen LogP contribution in [0.5, 0.6) is 0 Å². The van der Waals surface area contributed by atoms with E-state index in [0.717, 1.165) is 38.6 Å². The van der Waals surface area contributed by atoms with Crippen molar-refractivity contribution in [1.29, 1.82) is 0 Å². The molecule has 0 spiro atoms. The zero-order valence-electron chi connectivity index (χ0n) is 12.6. The second-order valence-electron chi connectivity index (χ2n) is 6.46. The minimum absolute atomic E-state index is 0.357. The third-order valence-electron chi connectivity index (χ3n) is 4.91. The molecule has 2 rings (SSSR count). The zero-order valence-corrected chi connectivity index (χ0v) is 12.6. The predicted molar refractivity (Wildman–Crippen MR) is 79.3 cm³/mol. The van der Waals surface area contributed by atoms with Crippen LogP contribution < -0.4 is 5.32 Å². The Balaban J connectivity index is 1.78. The van der Waals surface area contributed by atoms with E-state index < -0.39 is 0 Å². The maximum absolute atomic E-state index is 9.73. The highest BCUT2D eigenvalue weighted by Gasteiger charge is 2.28. The number of rotatable bonds is 5. The van der Waals surface area contributed by atoms with Crippen molar-refractivity contribution in [3.8, 4) is 0 Å². The van der Waals surface area contributed by atoms with E-state index in [2.05, 4.69) is 29.0 Å². The molecule has 2 N–H and O–H groups in total. The first-order chi connectivity index (χ1) is 9.20. The monoisotopic (exact) mass is 269 g/mol. The SMILES string of the molecule is CC(C)N1CCC(C(CO)CN2CCNCC2)CC1. The van der Waals surface area contributed by atoms with Crippen LogP contribution in [0.4, 0.5) is 0 Å². The maximum atomic E-state index is 9.73. The van der Waals surface area contributed by atoms with Gasteiger partial charge in [-0.2, -0.15) is 0 Å². The largest absolute Gasteiger partial charge is 0.396 e. The molecule has 2 saturated heterocycles.